The topological polar surface area (TPSA) is 68.2 Å². The van der Waals surface area contributed by atoms with Crippen molar-refractivity contribution in [2.24, 2.45) is 0 Å². The normalized spacial score (nSPS) is 10.7. The number of thiocarbonyl (C=S) groups is 1. The second-order valence-electron chi connectivity index (χ2n) is 6.26. The lowest BCUT2D eigenvalue weighted by molar-refractivity contribution is 0.417. The van der Waals surface area contributed by atoms with Crippen molar-refractivity contribution in [2.75, 3.05) is 17.9 Å². The summed E-state index contributed by atoms with van der Waals surface area (Å²) in [4.78, 5) is 18.6. The predicted octanol–water partition coefficient (Wildman–Crippen LogP) is 4.38. The summed E-state index contributed by atoms with van der Waals surface area (Å²) in [6.45, 7) is 1.76. The van der Waals surface area contributed by atoms with E-state index in [0.717, 1.165) is 10.4 Å². The Morgan fingerprint density at radius 2 is 1.86 bits per heavy atom. The van der Waals surface area contributed by atoms with E-state index >= 15 is 0 Å². The number of aromatic nitrogens is 2. The van der Waals surface area contributed by atoms with Gasteiger partial charge in [-0.3, -0.25) is 10.2 Å². The molecule has 0 aliphatic carbocycles. The third-order valence-corrected chi connectivity index (χ3v) is 5.70. The SMILES string of the molecule is COc1ccccc1NC(=S)Nn1c(C)nc2cc(-c3ccccc3)sc2c1=O. The Bertz CT molecular complexity index is 1250. The van der Waals surface area contributed by atoms with Gasteiger partial charge < -0.3 is 10.1 Å². The molecule has 0 radical (unpaired) electrons. The van der Waals surface area contributed by atoms with Crippen LogP contribution in [0.5, 0.6) is 5.75 Å². The Hall–Kier alpha value is -3.23. The maximum atomic E-state index is 13.1. The molecule has 0 spiro atoms. The van der Waals surface area contributed by atoms with E-state index in [-0.39, 0.29) is 10.7 Å². The highest BCUT2D eigenvalue weighted by atomic mass is 32.1. The van der Waals surface area contributed by atoms with E-state index in [9.17, 15) is 4.79 Å². The van der Waals surface area contributed by atoms with E-state index in [1.165, 1.54) is 16.0 Å². The summed E-state index contributed by atoms with van der Waals surface area (Å²) in [5.41, 5.74) is 5.18. The van der Waals surface area contributed by atoms with Crippen LogP contribution in [-0.2, 0) is 0 Å². The van der Waals surface area contributed by atoms with Crippen molar-refractivity contribution in [1.82, 2.24) is 9.66 Å². The second kappa shape index (κ2) is 8.02. The molecule has 0 fully saturated rings. The van der Waals surface area contributed by atoms with Crippen molar-refractivity contribution in [3.05, 3.63) is 76.8 Å². The van der Waals surface area contributed by atoms with Crippen LogP contribution in [0.3, 0.4) is 0 Å². The molecule has 2 aromatic carbocycles. The highest BCUT2D eigenvalue weighted by molar-refractivity contribution is 7.80. The lowest BCUT2D eigenvalue weighted by Gasteiger charge is -2.15. The first kappa shape index (κ1) is 19.1. The Labute approximate surface area is 176 Å². The quantitative estimate of drug-likeness (QED) is 0.476. The summed E-state index contributed by atoms with van der Waals surface area (Å²) >= 11 is 6.80. The number of anilines is 1. The van der Waals surface area contributed by atoms with Crippen molar-refractivity contribution in [3.8, 4) is 16.2 Å². The van der Waals surface area contributed by atoms with Crippen LogP contribution < -0.4 is 21.0 Å². The molecular weight excluding hydrogens is 404 g/mol. The lowest BCUT2D eigenvalue weighted by Crippen LogP contribution is -2.37. The average molecular weight is 423 g/mol. The van der Waals surface area contributed by atoms with Gasteiger partial charge in [0, 0.05) is 4.88 Å². The van der Waals surface area contributed by atoms with Gasteiger partial charge in [0.05, 0.1) is 18.3 Å². The summed E-state index contributed by atoms with van der Waals surface area (Å²) in [5.74, 6) is 1.17. The van der Waals surface area contributed by atoms with E-state index in [0.29, 0.717) is 27.5 Å². The number of methoxy groups -OCH3 is 1. The maximum absolute atomic E-state index is 13.1. The van der Waals surface area contributed by atoms with Gasteiger partial charge >= 0.3 is 0 Å². The number of hydrogen-bond acceptors (Lipinski definition) is 5. The minimum Gasteiger partial charge on any atom is -0.495 e. The number of hydrogen-bond donors (Lipinski definition) is 2. The molecular formula is C21H18N4O2S2. The van der Waals surface area contributed by atoms with Crippen LogP contribution >= 0.6 is 23.6 Å². The molecule has 146 valence electrons. The Morgan fingerprint density at radius 3 is 2.62 bits per heavy atom. The third kappa shape index (κ3) is 3.85. The summed E-state index contributed by atoms with van der Waals surface area (Å²) in [5, 5.41) is 3.32. The zero-order valence-corrected chi connectivity index (χ0v) is 17.4. The number of fused-ring (bicyclic) bond motifs is 1. The van der Waals surface area contributed by atoms with Gasteiger partial charge in [0.1, 0.15) is 16.3 Å². The van der Waals surface area contributed by atoms with Crippen LogP contribution in [0.2, 0.25) is 0 Å². The lowest BCUT2D eigenvalue weighted by atomic mass is 10.2. The maximum Gasteiger partial charge on any atom is 0.290 e. The predicted molar refractivity (Wildman–Crippen MR) is 123 cm³/mol. The number of aryl methyl sites for hydroxylation is 1. The van der Waals surface area contributed by atoms with Gasteiger partial charge in [-0.25, -0.2) is 9.66 Å². The number of thiophene rings is 1. The first-order valence-corrected chi connectivity index (χ1v) is 10.1. The molecule has 2 heterocycles. The van der Waals surface area contributed by atoms with E-state index in [2.05, 4.69) is 15.7 Å². The molecule has 2 aromatic heterocycles. The Morgan fingerprint density at radius 1 is 1.14 bits per heavy atom. The molecule has 29 heavy (non-hydrogen) atoms. The van der Waals surface area contributed by atoms with Crippen molar-refractivity contribution < 1.29 is 4.74 Å². The molecule has 0 atom stereocenters. The van der Waals surface area contributed by atoms with Crippen molar-refractivity contribution in [2.45, 2.75) is 6.92 Å². The molecule has 6 nitrogen and oxygen atoms in total. The van der Waals surface area contributed by atoms with Crippen molar-refractivity contribution >= 4 is 44.6 Å². The standard InChI is InChI=1S/C21H18N4O2S2/c1-13-22-16-12-18(14-8-4-3-5-9-14)29-19(16)20(26)25(13)24-21(28)23-15-10-6-7-11-17(15)27-2/h3-12H,1-2H3,(H2,23,24,28). The minimum absolute atomic E-state index is 0.191. The zero-order chi connectivity index (χ0) is 20.4. The molecule has 0 saturated heterocycles. The van der Waals surface area contributed by atoms with Gasteiger partial charge in [0.25, 0.3) is 5.56 Å². The van der Waals surface area contributed by atoms with E-state index < -0.39 is 0 Å². The summed E-state index contributed by atoms with van der Waals surface area (Å²) in [6.07, 6.45) is 0. The molecule has 0 unspecified atom stereocenters. The third-order valence-electron chi connectivity index (χ3n) is 4.34. The fourth-order valence-electron chi connectivity index (χ4n) is 2.97. The minimum atomic E-state index is -0.191. The van der Waals surface area contributed by atoms with Crippen LogP contribution in [-0.4, -0.2) is 21.9 Å². The van der Waals surface area contributed by atoms with E-state index in [1.807, 2.05) is 60.7 Å². The van der Waals surface area contributed by atoms with Crippen LogP contribution in [0, 0.1) is 6.92 Å². The largest absolute Gasteiger partial charge is 0.495 e. The fourth-order valence-corrected chi connectivity index (χ4v) is 4.20. The number of nitrogens with one attached hydrogen (secondary N) is 2. The van der Waals surface area contributed by atoms with Crippen LogP contribution in [0.15, 0.2) is 65.5 Å². The van der Waals surface area contributed by atoms with Crippen LogP contribution in [0.1, 0.15) is 5.82 Å². The van der Waals surface area contributed by atoms with Gasteiger partial charge in [-0.2, -0.15) is 0 Å². The average Bonchev–Trinajstić information content (AvgIpc) is 3.16. The first-order chi connectivity index (χ1) is 14.1. The Balaban J connectivity index is 1.65. The molecule has 0 saturated carbocycles. The molecule has 0 aliphatic rings. The van der Waals surface area contributed by atoms with Gasteiger partial charge in [-0.05, 0) is 42.9 Å². The molecule has 0 aliphatic heterocycles. The number of para-hydroxylation sites is 2. The van der Waals surface area contributed by atoms with Gasteiger partial charge in [-0.1, -0.05) is 42.5 Å². The summed E-state index contributed by atoms with van der Waals surface area (Å²) in [7, 11) is 1.59. The van der Waals surface area contributed by atoms with Gasteiger partial charge in [0.2, 0.25) is 0 Å². The zero-order valence-electron chi connectivity index (χ0n) is 15.8. The van der Waals surface area contributed by atoms with Gasteiger partial charge in [0.15, 0.2) is 5.11 Å². The number of ether oxygens (including phenoxy) is 1. The van der Waals surface area contributed by atoms with Gasteiger partial charge in [-0.15, -0.1) is 11.3 Å². The monoisotopic (exact) mass is 422 g/mol. The van der Waals surface area contributed by atoms with Crippen molar-refractivity contribution in [1.29, 1.82) is 0 Å². The second-order valence-corrected chi connectivity index (χ2v) is 7.72. The number of nitrogens with zero attached hydrogens (tertiary/aromatic N) is 2. The fraction of sp³-hybridized carbons (Fsp3) is 0.0952. The van der Waals surface area contributed by atoms with E-state index in [1.54, 1.807) is 14.0 Å². The summed E-state index contributed by atoms with van der Waals surface area (Å²) in [6, 6.07) is 19.3. The molecule has 4 aromatic rings. The smallest absolute Gasteiger partial charge is 0.290 e. The molecule has 4 rings (SSSR count). The van der Waals surface area contributed by atoms with Crippen LogP contribution in [0.4, 0.5) is 5.69 Å². The van der Waals surface area contributed by atoms with E-state index in [4.69, 9.17) is 17.0 Å². The first-order valence-electron chi connectivity index (χ1n) is 8.86. The number of rotatable bonds is 4. The molecule has 8 heteroatoms. The molecule has 2 N–H and O–H groups in total. The molecule has 0 bridgehead atoms. The number of benzene rings is 2. The highest BCUT2D eigenvalue weighted by Gasteiger charge is 2.14. The summed E-state index contributed by atoms with van der Waals surface area (Å²) < 4.78 is 7.25. The Kier molecular flexibility index (Phi) is 5.28. The highest BCUT2D eigenvalue weighted by Crippen LogP contribution is 2.30. The van der Waals surface area contributed by atoms with Crippen LogP contribution in [0.25, 0.3) is 20.7 Å². The molecule has 0 amide bonds. The van der Waals surface area contributed by atoms with Crippen molar-refractivity contribution in [3.63, 3.8) is 0 Å².